The quantitative estimate of drug-likeness (QED) is 0.0676. The van der Waals surface area contributed by atoms with E-state index in [0.717, 1.165) is 0 Å². The van der Waals surface area contributed by atoms with Crippen LogP contribution in [0.25, 0.3) is 0 Å². The van der Waals surface area contributed by atoms with E-state index in [-0.39, 0.29) is 0 Å². The van der Waals surface area contributed by atoms with Gasteiger partial charge in [-0.25, -0.2) is 87.8 Å². The minimum Gasteiger partial charge on any atom is -0.207 e. The van der Waals surface area contributed by atoms with Gasteiger partial charge in [0.1, 0.15) is 52.7 Å². The summed E-state index contributed by atoms with van der Waals surface area (Å²) in [5, 5.41) is 0.528. The second-order valence-electron chi connectivity index (χ2n) is 11.4. The summed E-state index contributed by atoms with van der Waals surface area (Å²) in [5.74, 6) is -71.4. The zero-order valence-corrected chi connectivity index (χ0v) is 25.8. The lowest BCUT2D eigenvalue weighted by atomic mass is 9.12. The van der Waals surface area contributed by atoms with E-state index >= 15 is 35.1 Å². The Hall–Kier alpha value is -4.03. The summed E-state index contributed by atoms with van der Waals surface area (Å²) in [6.07, 6.45) is -7.22. The fourth-order valence-electron chi connectivity index (χ4n) is 4.87. The standard InChI is InChI=1S/C24BF20.C4H11P/c26-5-1(6(27)14(35)21(42)13(5)34)25(2-7(28)15(36)22(43)16(37)8(2)29,3-9(30)17(38)23(44)18(39)10(3)31)4-11(32)19(40)24(45)20(41)12(4)33;1-4(2,3)5/h;5H2,1-3H3/q-1;/p+1. The molecule has 0 aliphatic heterocycles. The van der Waals surface area contributed by atoms with E-state index in [1.54, 1.807) is 0 Å². The molecule has 0 saturated heterocycles. The lowest BCUT2D eigenvalue weighted by Gasteiger charge is -2.44. The highest BCUT2D eigenvalue weighted by Crippen LogP contribution is 2.30. The molecule has 0 fully saturated rings. The highest BCUT2D eigenvalue weighted by atomic mass is 31.0. The molecule has 0 N–H and O–H groups in total. The van der Waals surface area contributed by atoms with Crippen LogP contribution in [0.4, 0.5) is 87.8 Å². The van der Waals surface area contributed by atoms with E-state index in [2.05, 4.69) is 20.8 Å². The van der Waals surface area contributed by atoms with E-state index in [1.807, 2.05) is 9.24 Å². The molecule has 0 aliphatic rings. The molecule has 0 spiro atoms. The zero-order chi connectivity index (χ0) is 38.9. The molecule has 0 nitrogen and oxygen atoms in total. The van der Waals surface area contributed by atoms with E-state index < -0.39 is 144 Å². The molecule has 0 radical (unpaired) electrons. The van der Waals surface area contributed by atoms with Crippen LogP contribution in [0, 0.1) is 116 Å². The highest BCUT2D eigenvalue weighted by Gasteiger charge is 2.52. The van der Waals surface area contributed by atoms with Crippen molar-refractivity contribution in [2.24, 2.45) is 0 Å². The van der Waals surface area contributed by atoms with Crippen molar-refractivity contribution in [2.75, 3.05) is 0 Å². The van der Waals surface area contributed by atoms with Gasteiger partial charge in [-0.15, -0.1) is 21.9 Å². The largest absolute Gasteiger partial charge is 0.207 e. The van der Waals surface area contributed by atoms with E-state index in [9.17, 15) is 52.7 Å². The molecular formula is C28H12BF20P. The lowest BCUT2D eigenvalue weighted by molar-refractivity contribution is 0.378. The van der Waals surface area contributed by atoms with Gasteiger partial charge < -0.3 is 0 Å². The van der Waals surface area contributed by atoms with Gasteiger partial charge >= 0.3 is 0 Å². The number of hydrogen-bond acceptors (Lipinski definition) is 0. The Morgan fingerprint density at radius 1 is 0.260 bits per heavy atom. The van der Waals surface area contributed by atoms with Crippen LogP contribution in [0.3, 0.4) is 0 Å². The summed E-state index contributed by atoms with van der Waals surface area (Å²) < 4.78 is 294. The van der Waals surface area contributed by atoms with Crippen LogP contribution >= 0.6 is 9.24 Å². The molecule has 22 heteroatoms. The minimum atomic E-state index is -7.22. The summed E-state index contributed by atoms with van der Waals surface area (Å²) in [6, 6.07) is 0. The average molecular weight is 770 g/mol. The van der Waals surface area contributed by atoms with E-state index in [4.69, 9.17) is 0 Å². The maximum atomic E-state index is 15.4. The molecule has 0 saturated carbocycles. The van der Waals surface area contributed by atoms with Crippen molar-refractivity contribution in [2.45, 2.75) is 25.9 Å². The average Bonchev–Trinajstić information content (AvgIpc) is 3.03. The summed E-state index contributed by atoms with van der Waals surface area (Å²) >= 11 is 0. The van der Waals surface area contributed by atoms with Crippen LogP contribution in [0.15, 0.2) is 0 Å². The number of rotatable bonds is 4. The van der Waals surface area contributed by atoms with Crippen molar-refractivity contribution in [1.82, 2.24) is 0 Å². The van der Waals surface area contributed by atoms with Crippen molar-refractivity contribution >= 4 is 37.2 Å². The van der Waals surface area contributed by atoms with Crippen LogP contribution in [0.1, 0.15) is 20.8 Å². The molecule has 0 aliphatic carbocycles. The molecular weight excluding hydrogens is 758 g/mol. The number of halogens is 20. The Morgan fingerprint density at radius 3 is 0.440 bits per heavy atom. The van der Waals surface area contributed by atoms with Gasteiger partial charge in [0.15, 0.2) is 69.8 Å². The maximum absolute atomic E-state index is 15.4. The van der Waals surface area contributed by atoms with Crippen molar-refractivity contribution < 1.29 is 87.8 Å². The number of benzene rings is 4. The first kappa shape index (κ1) is 40.4. The Morgan fingerprint density at radius 2 is 0.340 bits per heavy atom. The molecule has 4 aromatic carbocycles. The second kappa shape index (κ2) is 13.6. The van der Waals surface area contributed by atoms with Gasteiger partial charge in [0.2, 0.25) is 0 Å². The molecule has 4 aromatic rings. The second-order valence-corrected chi connectivity index (χ2v) is 13.5. The van der Waals surface area contributed by atoms with Gasteiger partial charge in [-0.2, -0.15) is 0 Å². The van der Waals surface area contributed by atoms with Crippen LogP contribution in [-0.2, 0) is 0 Å². The first-order chi connectivity index (χ1) is 22.7. The maximum Gasteiger partial charge on any atom is 0.200 e. The molecule has 0 amide bonds. The fraction of sp³-hybridized carbons (Fsp3) is 0.143. The molecule has 0 aromatic heterocycles. The Bertz CT molecular complexity index is 1670. The molecule has 272 valence electrons. The zero-order valence-electron chi connectivity index (χ0n) is 24.3. The van der Waals surface area contributed by atoms with Gasteiger partial charge in [-0.3, -0.25) is 0 Å². The first-order valence-electron chi connectivity index (χ1n) is 12.8. The van der Waals surface area contributed by atoms with Gasteiger partial charge in [0.25, 0.3) is 0 Å². The van der Waals surface area contributed by atoms with Crippen LogP contribution in [0.2, 0.25) is 0 Å². The minimum absolute atomic E-state index is 0.528. The fourth-order valence-corrected chi connectivity index (χ4v) is 4.87. The Kier molecular flexibility index (Phi) is 11.0. The molecule has 0 heterocycles. The van der Waals surface area contributed by atoms with Gasteiger partial charge in [-0.1, -0.05) is 0 Å². The van der Waals surface area contributed by atoms with Crippen molar-refractivity contribution in [3.8, 4) is 0 Å². The highest BCUT2D eigenvalue weighted by molar-refractivity contribution is 7.20. The lowest BCUT2D eigenvalue weighted by Crippen LogP contribution is -2.81. The monoisotopic (exact) mass is 770 g/mol. The molecule has 0 bridgehead atoms. The van der Waals surface area contributed by atoms with Crippen molar-refractivity contribution in [3.63, 3.8) is 0 Å². The summed E-state index contributed by atoms with van der Waals surface area (Å²) in [4.78, 5) is 0. The van der Waals surface area contributed by atoms with Crippen molar-refractivity contribution in [1.29, 1.82) is 0 Å². The third kappa shape index (κ3) is 6.04. The van der Waals surface area contributed by atoms with Gasteiger partial charge in [-0.05, 0) is 30.0 Å². The van der Waals surface area contributed by atoms with Gasteiger partial charge in [0.05, 0.1) is 5.16 Å². The van der Waals surface area contributed by atoms with Crippen LogP contribution < -0.4 is 21.9 Å². The molecule has 4 rings (SSSR count). The van der Waals surface area contributed by atoms with Crippen molar-refractivity contribution in [3.05, 3.63) is 116 Å². The smallest absolute Gasteiger partial charge is 0.200 e. The third-order valence-electron chi connectivity index (χ3n) is 6.71. The third-order valence-corrected chi connectivity index (χ3v) is 6.71. The molecule has 50 heavy (non-hydrogen) atoms. The summed E-state index contributed by atoms with van der Waals surface area (Å²) in [7, 11) is 2.01. The predicted molar refractivity (Wildman–Crippen MR) is 140 cm³/mol. The Labute approximate surface area is 267 Å². The van der Waals surface area contributed by atoms with Crippen LogP contribution in [-0.4, -0.2) is 11.3 Å². The normalized spacial score (nSPS) is 12.1. The topological polar surface area (TPSA) is 0 Å². The SMILES string of the molecule is CC(C)(C)[PH3+].Fc1c(F)c(F)c([B-](c2c(F)c(F)c(F)c(F)c2F)(c2c(F)c(F)c(F)c(F)c2F)c2c(F)c(F)c(F)c(F)c2F)c(F)c1F. The first-order valence-corrected chi connectivity index (χ1v) is 13.5. The molecule has 1 unspecified atom stereocenters. The number of hydrogen-bond donors (Lipinski definition) is 0. The van der Waals surface area contributed by atoms with Gasteiger partial charge in [0, 0.05) is 0 Å². The molecule has 1 atom stereocenters. The van der Waals surface area contributed by atoms with E-state index in [1.165, 1.54) is 0 Å². The predicted octanol–water partition coefficient (Wildman–Crippen LogP) is 7.24. The Balaban J connectivity index is 0.00000126. The summed E-state index contributed by atoms with van der Waals surface area (Å²) in [6.45, 7) is 6.60. The van der Waals surface area contributed by atoms with E-state index in [0.29, 0.717) is 5.16 Å². The van der Waals surface area contributed by atoms with Crippen LogP contribution in [0.5, 0.6) is 0 Å². The summed E-state index contributed by atoms with van der Waals surface area (Å²) in [5.41, 5.74) is -14.3.